The van der Waals surface area contributed by atoms with E-state index in [4.69, 9.17) is 16.3 Å². The molecule has 0 N–H and O–H groups in total. The number of aryl methyl sites for hydroxylation is 1. The monoisotopic (exact) mass is 497 g/mol. The van der Waals surface area contributed by atoms with E-state index in [1.165, 1.54) is 29.1 Å². The van der Waals surface area contributed by atoms with Crippen LogP contribution in [0.4, 0.5) is 10.2 Å². The average Bonchev–Trinajstić information content (AvgIpc) is 3.16. The summed E-state index contributed by atoms with van der Waals surface area (Å²) in [7, 11) is 0. The molecule has 0 atom stereocenters. The van der Waals surface area contributed by atoms with E-state index in [0.29, 0.717) is 60.4 Å². The largest absolute Gasteiger partial charge is 0.462 e. The molecule has 0 spiro atoms. The lowest BCUT2D eigenvalue weighted by molar-refractivity contribution is -0.126. The average molecular weight is 498 g/mol. The van der Waals surface area contributed by atoms with E-state index in [9.17, 15) is 14.0 Å². The van der Waals surface area contributed by atoms with Gasteiger partial charge < -0.3 is 14.5 Å². The molecule has 1 aliphatic heterocycles. The van der Waals surface area contributed by atoms with Gasteiger partial charge in [-0.1, -0.05) is 11.6 Å². The Hall–Kier alpha value is -3.72. The van der Waals surface area contributed by atoms with Gasteiger partial charge in [-0.15, -0.1) is 0 Å². The lowest BCUT2D eigenvalue weighted by Gasteiger charge is -2.35. The van der Waals surface area contributed by atoms with Gasteiger partial charge in [0.1, 0.15) is 16.8 Å². The Morgan fingerprint density at radius 3 is 2.46 bits per heavy atom. The molecule has 1 saturated heterocycles. The standard InChI is InChI=1S/C25H25ClFN5O3/c1-3-35-25(34)18-4-10-22(28-16-18)30-12-14-31(15-13-30)23(33)11-9-21-17(2)29-32(24(21)26)20-7-5-19(27)6-8-20/h4-11,16H,3,12-15H2,1-2H3/b11-9+. The molecule has 35 heavy (non-hydrogen) atoms. The van der Waals surface area contributed by atoms with E-state index in [2.05, 4.69) is 15.0 Å². The van der Waals surface area contributed by atoms with Crippen molar-refractivity contribution in [2.45, 2.75) is 13.8 Å². The number of piperazine rings is 1. The van der Waals surface area contributed by atoms with Crippen molar-refractivity contribution in [3.63, 3.8) is 0 Å². The van der Waals surface area contributed by atoms with Crippen molar-refractivity contribution in [3.8, 4) is 5.69 Å². The Kier molecular flexibility index (Phi) is 7.45. The van der Waals surface area contributed by atoms with Gasteiger partial charge in [-0.25, -0.2) is 18.9 Å². The number of hydrogen-bond donors (Lipinski definition) is 0. The lowest BCUT2D eigenvalue weighted by Crippen LogP contribution is -2.48. The van der Waals surface area contributed by atoms with E-state index in [1.54, 1.807) is 49.1 Å². The number of esters is 1. The van der Waals surface area contributed by atoms with Crippen LogP contribution in [0.15, 0.2) is 48.7 Å². The third-order valence-electron chi connectivity index (χ3n) is 5.69. The fraction of sp³-hybridized carbons (Fsp3) is 0.280. The van der Waals surface area contributed by atoms with Gasteiger partial charge in [0.15, 0.2) is 0 Å². The molecule has 0 bridgehead atoms. The molecule has 1 amide bonds. The van der Waals surface area contributed by atoms with Gasteiger partial charge in [0.05, 0.1) is 23.6 Å². The smallest absolute Gasteiger partial charge is 0.339 e. The first-order valence-electron chi connectivity index (χ1n) is 11.2. The van der Waals surface area contributed by atoms with Crippen LogP contribution >= 0.6 is 11.6 Å². The highest BCUT2D eigenvalue weighted by Gasteiger charge is 2.21. The third-order valence-corrected chi connectivity index (χ3v) is 6.05. The van der Waals surface area contributed by atoms with Crippen LogP contribution in [0.1, 0.15) is 28.5 Å². The zero-order valence-electron chi connectivity index (χ0n) is 19.4. The van der Waals surface area contributed by atoms with Crippen molar-refractivity contribution >= 4 is 35.4 Å². The molecular formula is C25H25ClFN5O3. The van der Waals surface area contributed by atoms with Crippen LogP contribution in [0.3, 0.4) is 0 Å². The number of nitrogens with zero attached hydrogens (tertiary/aromatic N) is 5. The summed E-state index contributed by atoms with van der Waals surface area (Å²) in [6, 6.07) is 9.33. The summed E-state index contributed by atoms with van der Waals surface area (Å²) < 4.78 is 19.7. The first kappa shape index (κ1) is 24.4. The molecule has 8 nitrogen and oxygen atoms in total. The quantitative estimate of drug-likeness (QED) is 0.379. The van der Waals surface area contributed by atoms with E-state index >= 15 is 0 Å². The molecule has 1 fully saturated rings. The molecule has 2 aromatic heterocycles. The molecule has 4 rings (SSSR count). The van der Waals surface area contributed by atoms with Crippen LogP contribution in [0, 0.1) is 12.7 Å². The summed E-state index contributed by atoms with van der Waals surface area (Å²) in [5.74, 6) is -0.118. The molecule has 0 saturated carbocycles. The number of hydrogen-bond acceptors (Lipinski definition) is 6. The Morgan fingerprint density at radius 1 is 1.11 bits per heavy atom. The molecule has 3 aromatic rings. The van der Waals surface area contributed by atoms with Crippen LogP contribution in [-0.2, 0) is 9.53 Å². The van der Waals surface area contributed by atoms with Crippen molar-refractivity contribution in [1.29, 1.82) is 0 Å². The zero-order valence-corrected chi connectivity index (χ0v) is 20.2. The minimum Gasteiger partial charge on any atom is -0.462 e. The summed E-state index contributed by atoms with van der Waals surface area (Å²) in [6.45, 7) is 6.17. The highest BCUT2D eigenvalue weighted by Crippen LogP contribution is 2.25. The van der Waals surface area contributed by atoms with Gasteiger partial charge in [-0.2, -0.15) is 5.10 Å². The van der Waals surface area contributed by atoms with E-state index in [1.807, 2.05) is 0 Å². The van der Waals surface area contributed by atoms with Crippen LogP contribution in [-0.4, -0.2) is 64.3 Å². The summed E-state index contributed by atoms with van der Waals surface area (Å²) >= 11 is 6.50. The van der Waals surface area contributed by atoms with Crippen LogP contribution in [0.2, 0.25) is 5.15 Å². The van der Waals surface area contributed by atoms with E-state index in [-0.39, 0.29) is 11.7 Å². The maximum absolute atomic E-state index is 13.2. The minimum atomic E-state index is -0.396. The maximum Gasteiger partial charge on any atom is 0.339 e. The number of carbonyl (C=O) groups excluding carboxylic acids is 2. The Bertz CT molecular complexity index is 1230. The molecule has 0 radical (unpaired) electrons. The van der Waals surface area contributed by atoms with Crippen LogP contribution in [0.5, 0.6) is 0 Å². The second-order valence-electron chi connectivity index (χ2n) is 7.95. The van der Waals surface area contributed by atoms with Gasteiger partial charge in [-0.3, -0.25) is 4.79 Å². The van der Waals surface area contributed by atoms with Crippen molar-refractivity contribution in [1.82, 2.24) is 19.7 Å². The first-order valence-corrected chi connectivity index (χ1v) is 11.6. The minimum absolute atomic E-state index is 0.125. The first-order chi connectivity index (χ1) is 16.9. The number of rotatable bonds is 6. The highest BCUT2D eigenvalue weighted by atomic mass is 35.5. The van der Waals surface area contributed by atoms with E-state index < -0.39 is 5.97 Å². The summed E-state index contributed by atoms with van der Waals surface area (Å²) in [5, 5.41) is 4.76. The van der Waals surface area contributed by atoms with Crippen molar-refractivity contribution in [2.24, 2.45) is 0 Å². The molecule has 1 aliphatic rings. The van der Waals surface area contributed by atoms with Crippen molar-refractivity contribution in [2.75, 3.05) is 37.7 Å². The van der Waals surface area contributed by atoms with Gasteiger partial charge >= 0.3 is 5.97 Å². The normalized spacial score (nSPS) is 13.9. The van der Waals surface area contributed by atoms with Crippen LogP contribution in [0.25, 0.3) is 11.8 Å². The molecule has 1 aromatic carbocycles. The summed E-state index contributed by atoms with van der Waals surface area (Å²) in [4.78, 5) is 32.8. The van der Waals surface area contributed by atoms with Crippen molar-refractivity contribution in [3.05, 3.63) is 76.5 Å². The number of pyridine rings is 1. The van der Waals surface area contributed by atoms with Gasteiger partial charge in [0.2, 0.25) is 5.91 Å². The van der Waals surface area contributed by atoms with E-state index in [0.717, 1.165) is 5.82 Å². The molecule has 10 heteroatoms. The Balaban J connectivity index is 1.37. The van der Waals surface area contributed by atoms with Crippen LogP contribution < -0.4 is 4.90 Å². The Labute approximate surface area is 207 Å². The number of aromatic nitrogens is 3. The second-order valence-corrected chi connectivity index (χ2v) is 8.31. The molecular weight excluding hydrogens is 473 g/mol. The number of carbonyl (C=O) groups is 2. The highest BCUT2D eigenvalue weighted by molar-refractivity contribution is 6.31. The Morgan fingerprint density at radius 2 is 1.83 bits per heavy atom. The fourth-order valence-electron chi connectivity index (χ4n) is 3.78. The molecule has 3 heterocycles. The summed E-state index contributed by atoms with van der Waals surface area (Å²) in [6.07, 6.45) is 4.66. The maximum atomic E-state index is 13.2. The lowest BCUT2D eigenvalue weighted by atomic mass is 10.2. The predicted molar refractivity (Wildman–Crippen MR) is 131 cm³/mol. The molecule has 182 valence electrons. The number of halogens is 2. The fourth-order valence-corrected chi connectivity index (χ4v) is 4.11. The number of ether oxygens (including phenoxy) is 1. The van der Waals surface area contributed by atoms with Gasteiger partial charge in [0, 0.05) is 44.0 Å². The number of benzene rings is 1. The number of anilines is 1. The molecule has 0 aliphatic carbocycles. The number of amides is 1. The van der Waals surface area contributed by atoms with Gasteiger partial charge in [-0.05, 0) is 56.3 Å². The second kappa shape index (κ2) is 10.7. The van der Waals surface area contributed by atoms with Gasteiger partial charge in [0.25, 0.3) is 0 Å². The zero-order chi connectivity index (χ0) is 24.9. The predicted octanol–water partition coefficient (Wildman–Crippen LogP) is 3.91. The summed E-state index contributed by atoms with van der Waals surface area (Å²) in [5.41, 5.74) is 2.33. The molecule has 0 unspecified atom stereocenters. The topological polar surface area (TPSA) is 80.6 Å². The third kappa shape index (κ3) is 5.51. The van der Waals surface area contributed by atoms with Crippen molar-refractivity contribution < 1.29 is 18.7 Å². The SMILES string of the molecule is CCOC(=O)c1ccc(N2CCN(C(=O)/C=C/c3c(C)nn(-c4ccc(F)cc4)c3Cl)CC2)nc1.